The van der Waals surface area contributed by atoms with Crippen LogP contribution in [0.2, 0.25) is 0 Å². The predicted molar refractivity (Wildman–Crippen MR) is 101 cm³/mol. The van der Waals surface area contributed by atoms with E-state index in [-0.39, 0.29) is 0 Å². The van der Waals surface area contributed by atoms with Crippen LogP contribution in [0, 0.1) is 17.2 Å². The van der Waals surface area contributed by atoms with Crippen LogP contribution < -0.4 is 0 Å². The molecule has 132 valence electrons. The van der Waals surface area contributed by atoms with Crippen LogP contribution in [0.5, 0.6) is 0 Å². The summed E-state index contributed by atoms with van der Waals surface area (Å²) >= 11 is 0. The Bertz CT molecular complexity index is 968. The lowest BCUT2D eigenvalue weighted by Gasteiger charge is -2.37. The molecule has 26 heavy (non-hydrogen) atoms. The van der Waals surface area contributed by atoms with Crippen LogP contribution in [0.3, 0.4) is 0 Å². The van der Waals surface area contributed by atoms with Crippen molar-refractivity contribution >= 4 is 10.9 Å². The van der Waals surface area contributed by atoms with Gasteiger partial charge in [0.15, 0.2) is 0 Å². The second-order valence-corrected chi connectivity index (χ2v) is 7.47. The highest BCUT2D eigenvalue weighted by Crippen LogP contribution is 2.35. The quantitative estimate of drug-likeness (QED) is 0.729. The second kappa shape index (κ2) is 6.89. The van der Waals surface area contributed by atoms with Gasteiger partial charge in [0.2, 0.25) is 0 Å². The first-order valence-corrected chi connectivity index (χ1v) is 9.11. The predicted octanol–water partition coefficient (Wildman–Crippen LogP) is 3.47. The van der Waals surface area contributed by atoms with Gasteiger partial charge in [-0.1, -0.05) is 19.1 Å². The van der Waals surface area contributed by atoms with Crippen molar-refractivity contribution in [1.29, 1.82) is 5.26 Å². The molecule has 2 atom stereocenters. The maximum absolute atomic E-state index is 9.38. The Morgan fingerprint density at radius 1 is 1.27 bits per heavy atom. The van der Waals surface area contributed by atoms with Gasteiger partial charge in [-0.25, -0.2) is 0 Å². The molecule has 1 aromatic carbocycles. The number of benzene rings is 1. The molecule has 2 aromatic heterocycles. The number of aromatic nitrogens is 3. The number of piperidine rings is 1. The van der Waals surface area contributed by atoms with Crippen LogP contribution in [-0.4, -0.2) is 32.8 Å². The summed E-state index contributed by atoms with van der Waals surface area (Å²) in [6.07, 6.45) is 6.98. The molecule has 3 heterocycles. The van der Waals surface area contributed by atoms with Crippen molar-refractivity contribution in [2.75, 3.05) is 13.1 Å². The van der Waals surface area contributed by atoms with Crippen LogP contribution >= 0.6 is 0 Å². The lowest BCUT2D eigenvalue weighted by Crippen LogP contribution is -2.38. The second-order valence-electron chi connectivity index (χ2n) is 7.47. The molecule has 1 saturated heterocycles. The molecule has 0 amide bonds. The highest BCUT2D eigenvalue weighted by molar-refractivity contribution is 5.87. The molecule has 3 aromatic rings. The van der Waals surface area contributed by atoms with Gasteiger partial charge >= 0.3 is 0 Å². The van der Waals surface area contributed by atoms with E-state index in [9.17, 15) is 5.26 Å². The number of hydrogen-bond acceptors (Lipinski definition) is 4. The van der Waals surface area contributed by atoms with Gasteiger partial charge in [0.1, 0.15) is 6.07 Å². The van der Waals surface area contributed by atoms with E-state index in [0.29, 0.717) is 17.4 Å². The molecule has 1 aliphatic rings. The smallest absolute Gasteiger partial charge is 0.101 e. The van der Waals surface area contributed by atoms with E-state index in [1.807, 2.05) is 30.1 Å². The fourth-order valence-corrected chi connectivity index (χ4v) is 4.27. The summed E-state index contributed by atoms with van der Waals surface area (Å²) in [6, 6.07) is 10.4. The van der Waals surface area contributed by atoms with Gasteiger partial charge in [0.05, 0.1) is 17.3 Å². The molecule has 5 nitrogen and oxygen atoms in total. The Labute approximate surface area is 153 Å². The molecule has 0 radical (unpaired) electrons. The largest absolute Gasteiger partial charge is 0.298 e. The van der Waals surface area contributed by atoms with E-state index in [2.05, 4.69) is 46.3 Å². The molecule has 1 aliphatic heterocycles. The van der Waals surface area contributed by atoms with Gasteiger partial charge in [-0.05, 0) is 36.0 Å². The molecule has 4 rings (SSSR count). The zero-order chi connectivity index (χ0) is 18.1. The molecular formula is C21H23N5. The molecule has 0 spiro atoms. The Balaban J connectivity index is 1.65. The Kier molecular flexibility index (Phi) is 4.44. The van der Waals surface area contributed by atoms with E-state index in [1.54, 1.807) is 6.20 Å². The van der Waals surface area contributed by atoms with E-state index < -0.39 is 0 Å². The van der Waals surface area contributed by atoms with E-state index in [0.717, 1.165) is 30.5 Å². The van der Waals surface area contributed by atoms with Crippen LogP contribution in [0.15, 0.2) is 42.9 Å². The lowest BCUT2D eigenvalue weighted by atomic mass is 9.83. The third-order valence-corrected chi connectivity index (χ3v) is 5.26. The Morgan fingerprint density at radius 2 is 2.15 bits per heavy atom. The van der Waals surface area contributed by atoms with Gasteiger partial charge in [-0.2, -0.15) is 10.4 Å². The molecular weight excluding hydrogens is 322 g/mol. The standard InChI is InChI=1S/C21H23N5/c1-15-8-18(14-26(11-15)13-16-10-24-25(2)12-16)19-6-5-17(9-22)21-20(19)4-3-7-23-21/h3-7,10,12,15,18H,8,11,13-14H2,1-2H3. The van der Waals surface area contributed by atoms with Crippen molar-refractivity contribution in [1.82, 2.24) is 19.7 Å². The Morgan fingerprint density at radius 3 is 2.92 bits per heavy atom. The van der Waals surface area contributed by atoms with Crippen molar-refractivity contribution in [3.8, 4) is 6.07 Å². The van der Waals surface area contributed by atoms with Gasteiger partial charge in [-0.3, -0.25) is 14.6 Å². The molecule has 0 saturated carbocycles. The van der Waals surface area contributed by atoms with Gasteiger partial charge in [0, 0.05) is 50.0 Å². The summed E-state index contributed by atoms with van der Waals surface area (Å²) in [5.41, 5.74) is 4.05. The first-order chi connectivity index (χ1) is 12.6. The summed E-state index contributed by atoms with van der Waals surface area (Å²) in [4.78, 5) is 6.99. The van der Waals surface area contributed by atoms with Crippen LogP contribution in [0.1, 0.15) is 36.0 Å². The number of nitriles is 1. The SMILES string of the molecule is CC1CC(c2ccc(C#N)c3ncccc23)CN(Cc2cnn(C)c2)C1. The zero-order valence-electron chi connectivity index (χ0n) is 15.3. The van der Waals surface area contributed by atoms with Crippen molar-refractivity contribution in [3.63, 3.8) is 0 Å². The lowest BCUT2D eigenvalue weighted by molar-refractivity contribution is 0.157. The minimum Gasteiger partial charge on any atom is -0.298 e. The number of nitrogens with zero attached hydrogens (tertiary/aromatic N) is 5. The van der Waals surface area contributed by atoms with E-state index in [4.69, 9.17) is 0 Å². The third-order valence-electron chi connectivity index (χ3n) is 5.26. The van der Waals surface area contributed by atoms with Crippen molar-refractivity contribution in [2.24, 2.45) is 13.0 Å². The molecule has 0 aliphatic carbocycles. The fraction of sp³-hybridized carbons (Fsp3) is 0.381. The van der Waals surface area contributed by atoms with Crippen LogP contribution in [0.25, 0.3) is 10.9 Å². The number of aryl methyl sites for hydroxylation is 1. The van der Waals surface area contributed by atoms with Crippen molar-refractivity contribution in [3.05, 3.63) is 59.5 Å². The van der Waals surface area contributed by atoms with E-state index >= 15 is 0 Å². The van der Waals surface area contributed by atoms with Crippen molar-refractivity contribution in [2.45, 2.75) is 25.8 Å². The van der Waals surface area contributed by atoms with Crippen LogP contribution in [-0.2, 0) is 13.6 Å². The molecule has 0 N–H and O–H groups in total. The normalized spacial score (nSPS) is 21.0. The first kappa shape index (κ1) is 16.7. The zero-order valence-corrected chi connectivity index (χ0v) is 15.3. The van der Waals surface area contributed by atoms with Gasteiger partial charge in [-0.15, -0.1) is 0 Å². The number of likely N-dealkylation sites (tertiary alicyclic amines) is 1. The molecule has 5 heteroatoms. The van der Waals surface area contributed by atoms with E-state index in [1.165, 1.54) is 17.5 Å². The summed E-state index contributed by atoms with van der Waals surface area (Å²) in [7, 11) is 1.96. The fourth-order valence-electron chi connectivity index (χ4n) is 4.27. The summed E-state index contributed by atoms with van der Waals surface area (Å²) in [5.74, 6) is 1.09. The topological polar surface area (TPSA) is 57.7 Å². The Hall–Kier alpha value is -2.71. The van der Waals surface area contributed by atoms with Gasteiger partial charge in [0.25, 0.3) is 0 Å². The maximum Gasteiger partial charge on any atom is 0.101 e. The van der Waals surface area contributed by atoms with Gasteiger partial charge < -0.3 is 0 Å². The monoisotopic (exact) mass is 345 g/mol. The van der Waals surface area contributed by atoms with Crippen molar-refractivity contribution < 1.29 is 0 Å². The average Bonchev–Trinajstić information content (AvgIpc) is 3.05. The summed E-state index contributed by atoms with van der Waals surface area (Å²) < 4.78 is 1.86. The minimum atomic E-state index is 0.454. The molecule has 2 unspecified atom stereocenters. The molecule has 1 fully saturated rings. The summed E-state index contributed by atoms with van der Waals surface area (Å²) in [6.45, 7) is 5.39. The number of hydrogen-bond donors (Lipinski definition) is 0. The minimum absolute atomic E-state index is 0.454. The highest BCUT2D eigenvalue weighted by atomic mass is 15.2. The van der Waals surface area contributed by atoms with Crippen LogP contribution in [0.4, 0.5) is 0 Å². The molecule has 0 bridgehead atoms. The third kappa shape index (κ3) is 3.21. The number of rotatable bonds is 3. The first-order valence-electron chi connectivity index (χ1n) is 9.11. The summed E-state index contributed by atoms with van der Waals surface area (Å²) in [5, 5.41) is 14.8. The highest BCUT2D eigenvalue weighted by Gasteiger charge is 2.27. The maximum atomic E-state index is 9.38. The number of pyridine rings is 1. The average molecular weight is 345 g/mol. The number of fused-ring (bicyclic) bond motifs is 1.